The van der Waals surface area contributed by atoms with Crippen molar-refractivity contribution >= 4 is 49.2 Å². The molecule has 0 atom stereocenters. The number of halogens is 1. The summed E-state index contributed by atoms with van der Waals surface area (Å²) in [6.45, 7) is 0. The molecule has 168 valence electrons. The van der Waals surface area contributed by atoms with E-state index in [0.29, 0.717) is 0 Å². The molecule has 6 rings (SSSR count). The second-order valence-electron chi connectivity index (χ2n) is 9.02. The zero-order valence-electron chi connectivity index (χ0n) is 18.4. The smallest absolute Gasteiger partial charge is 0.263 e. The van der Waals surface area contributed by atoms with Crippen LogP contribution in [0, 0.1) is 0 Å². The van der Waals surface area contributed by atoms with E-state index in [0.717, 1.165) is 51.3 Å². The zero-order chi connectivity index (χ0) is 22.4. The Morgan fingerprint density at radius 1 is 1.03 bits per heavy atom. The van der Waals surface area contributed by atoms with E-state index in [-0.39, 0.29) is 11.6 Å². The molecule has 0 unspecified atom stereocenters. The maximum Gasteiger partial charge on any atom is 0.263 e. The first-order valence-electron chi connectivity index (χ1n) is 11.7. The van der Waals surface area contributed by atoms with Crippen LogP contribution in [0.4, 0.5) is 0 Å². The molecular weight excluding hydrogens is 512 g/mol. The molecule has 6 heteroatoms. The highest BCUT2D eigenvalue weighted by Gasteiger charge is 2.28. The molecule has 3 nitrogen and oxygen atoms in total. The minimum Gasteiger partial charge on any atom is -0.284 e. The quantitative estimate of drug-likeness (QED) is 0.197. The predicted octanol–water partition coefficient (Wildman–Crippen LogP) is 7.78. The minimum atomic E-state index is 0.182. The van der Waals surface area contributed by atoms with Crippen LogP contribution >= 0.6 is 39.0 Å². The number of rotatable bonds is 4. The van der Waals surface area contributed by atoms with Gasteiger partial charge in [-0.1, -0.05) is 83.4 Å². The Bertz CT molecular complexity index is 1380. The number of fused-ring (bicyclic) bond motifs is 5. The fourth-order valence-corrected chi connectivity index (χ4v) is 7.88. The van der Waals surface area contributed by atoms with Crippen LogP contribution in [0.15, 0.2) is 63.0 Å². The summed E-state index contributed by atoms with van der Waals surface area (Å²) in [6.07, 6.45) is 7.74. The Morgan fingerprint density at radius 3 is 2.64 bits per heavy atom. The number of benzene rings is 2. The third-order valence-electron chi connectivity index (χ3n) is 6.95. The first kappa shape index (κ1) is 21.6. The summed E-state index contributed by atoms with van der Waals surface area (Å²) in [5.41, 5.74) is 5.32. The van der Waals surface area contributed by atoms with E-state index in [1.165, 1.54) is 46.4 Å². The second-order valence-corrected chi connectivity index (χ2v) is 11.9. The molecule has 2 aromatic carbocycles. The monoisotopic (exact) mass is 536 g/mol. The van der Waals surface area contributed by atoms with Crippen LogP contribution in [-0.4, -0.2) is 9.55 Å². The molecule has 4 aromatic rings. The SMILES string of the molecule is O=c1c2c3c(sc2nc(SCc2ccc(Br)cc2)n1C1CCCCC1)-c1ccccc1CC3. The number of hydrogen-bond acceptors (Lipinski definition) is 4. The maximum absolute atomic E-state index is 14.1. The number of hydrogen-bond donors (Lipinski definition) is 0. The molecule has 0 aliphatic heterocycles. The Morgan fingerprint density at radius 2 is 1.82 bits per heavy atom. The summed E-state index contributed by atoms with van der Waals surface area (Å²) in [7, 11) is 0. The Labute approximate surface area is 210 Å². The summed E-state index contributed by atoms with van der Waals surface area (Å²) < 4.78 is 3.15. The summed E-state index contributed by atoms with van der Waals surface area (Å²) in [4.78, 5) is 21.4. The third-order valence-corrected chi connectivity index (χ3v) is 9.66. The largest absolute Gasteiger partial charge is 0.284 e. The van der Waals surface area contributed by atoms with E-state index < -0.39 is 0 Å². The van der Waals surface area contributed by atoms with Gasteiger partial charge in [0, 0.05) is 21.1 Å². The van der Waals surface area contributed by atoms with Gasteiger partial charge in [0.15, 0.2) is 5.16 Å². The van der Waals surface area contributed by atoms with Crippen molar-refractivity contribution in [1.29, 1.82) is 0 Å². The van der Waals surface area contributed by atoms with E-state index in [9.17, 15) is 4.79 Å². The second kappa shape index (κ2) is 9.05. The van der Waals surface area contributed by atoms with Crippen molar-refractivity contribution < 1.29 is 0 Å². The van der Waals surface area contributed by atoms with Crippen molar-refractivity contribution in [2.24, 2.45) is 0 Å². The summed E-state index contributed by atoms with van der Waals surface area (Å²) in [5.74, 6) is 0.811. The van der Waals surface area contributed by atoms with Gasteiger partial charge in [0.2, 0.25) is 0 Å². The summed E-state index contributed by atoms with van der Waals surface area (Å²) >= 11 is 6.93. The van der Waals surface area contributed by atoms with Crippen molar-refractivity contribution in [1.82, 2.24) is 9.55 Å². The van der Waals surface area contributed by atoms with Crippen LogP contribution in [0.5, 0.6) is 0 Å². The zero-order valence-corrected chi connectivity index (χ0v) is 21.6. The average molecular weight is 538 g/mol. The average Bonchev–Trinajstić information content (AvgIpc) is 3.23. The molecule has 0 saturated heterocycles. The Balaban J connectivity index is 1.48. The van der Waals surface area contributed by atoms with Crippen LogP contribution in [0.3, 0.4) is 0 Å². The van der Waals surface area contributed by atoms with Crippen LogP contribution in [-0.2, 0) is 18.6 Å². The molecule has 0 amide bonds. The van der Waals surface area contributed by atoms with E-state index in [1.807, 2.05) is 0 Å². The molecule has 33 heavy (non-hydrogen) atoms. The van der Waals surface area contributed by atoms with Crippen LogP contribution in [0.25, 0.3) is 20.7 Å². The molecule has 2 aromatic heterocycles. The number of nitrogens with zero attached hydrogens (tertiary/aromatic N) is 2. The molecule has 2 heterocycles. The molecule has 0 spiro atoms. The Kier molecular flexibility index (Phi) is 5.93. The van der Waals surface area contributed by atoms with Crippen molar-refractivity contribution in [3.63, 3.8) is 0 Å². The molecule has 0 bridgehead atoms. The molecule has 2 aliphatic rings. The van der Waals surface area contributed by atoms with Crippen molar-refractivity contribution in [3.05, 3.63) is 80.0 Å². The van der Waals surface area contributed by atoms with Gasteiger partial charge in [-0.3, -0.25) is 9.36 Å². The van der Waals surface area contributed by atoms with Gasteiger partial charge in [0.25, 0.3) is 5.56 Å². The molecule has 0 N–H and O–H groups in total. The lowest BCUT2D eigenvalue weighted by atomic mass is 9.90. The van der Waals surface area contributed by atoms with Gasteiger partial charge in [-0.2, -0.15) is 0 Å². The summed E-state index contributed by atoms with van der Waals surface area (Å²) in [6, 6.07) is 17.3. The van der Waals surface area contributed by atoms with Crippen molar-refractivity contribution in [2.75, 3.05) is 0 Å². The first-order chi connectivity index (χ1) is 16.2. The lowest BCUT2D eigenvalue weighted by Crippen LogP contribution is -2.29. The van der Waals surface area contributed by atoms with Gasteiger partial charge in [0.05, 0.1) is 5.39 Å². The topological polar surface area (TPSA) is 34.9 Å². The van der Waals surface area contributed by atoms with E-state index in [4.69, 9.17) is 4.98 Å². The van der Waals surface area contributed by atoms with E-state index in [2.05, 4.69) is 69.0 Å². The van der Waals surface area contributed by atoms with E-state index >= 15 is 0 Å². The van der Waals surface area contributed by atoms with Crippen LogP contribution in [0.2, 0.25) is 0 Å². The molecule has 1 saturated carbocycles. The predicted molar refractivity (Wildman–Crippen MR) is 143 cm³/mol. The lowest BCUT2D eigenvalue weighted by molar-refractivity contribution is 0.326. The lowest BCUT2D eigenvalue weighted by Gasteiger charge is -2.26. The number of thioether (sulfide) groups is 1. The van der Waals surface area contributed by atoms with Gasteiger partial charge in [-0.15, -0.1) is 11.3 Å². The van der Waals surface area contributed by atoms with Crippen LogP contribution in [0.1, 0.15) is 54.8 Å². The first-order valence-corrected chi connectivity index (χ1v) is 14.3. The fourth-order valence-electron chi connectivity index (χ4n) is 5.27. The number of aryl methyl sites for hydroxylation is 2. The number of aromatic nitrogens is 2. The molecule has 0 radical (unpaired) electrons. The van der Waals surface area contributed by atoms with Crippen molar-refractivity contribution in [3.8, 4) is 10.4 Å². The fraction of sp³-hybridized carbons (Fsp3) is 0.333. The Hall–Kier alpha value is -1.89. The normalized spacial score (nSPS) is 16.0. The minimum absolute atomic E-state index is 0.182. The third kappa shape index (κ3) is 4.00. The van der Waals surface area contributed by atoms with E-state index in [1.54, 1.807) is 23.1 Å². The highest BCUT2D eigenvalue weighted by molar-refractivity contribution is 9.10. The standard InChI is InChI=1S/C27H25BrN2OS2/c28-19-13-10-17(11-14-19)16-32-27-29-25-23(26(31)30(27)20-7-2-1-3-8-20)22-15-12-18-6-4-5-9-21(18)24(22)33-25/h4-6,9-11,13-14,20H,1-3,7-8,12,15-16H2. The molecular formula is C27H25BrN2OS2. The molecule has 1 fully saturated rings. The highest BCUT2D eigenvalue weighted by Crippen LogP contribution is 2.43. The molecule has 2 aliphatic carbocycles. The van der Waals surface area contributed by atoms with Crippen LogP contribution < -0.4 is 5.56 Å². The number of thiophene rings is 1. The van der Waals surface area contributed by atoms with Gasteiger partial charge >= 0.3 is 0 Å². The van der Waals surface area contributed by atoms with Gasteiger partial charge in [0.1, 0.15) is 4.83 Å². The summed E-state index contributed by atoms with van der Waals surface area (Å²) in [5, 5.41) is 1.76. The highest BCUT2D eigenvalue weighted by atomic mass is 79.9. The van der Waals surface area contributed by atoms with Gasteiger partial charge in [-0.25, -0.2) is 4.98 Å². The van der Waals surface area contributed by atoms with Gasteiger partial charge in [-0.05, 0) is 60.1 Å². The van der Waals surface area contributed by atoms with Gasteiger partial charge < -0.3 is 0 Å². The van der Waals surface area contributed by atoms with Crippen molar-refractivity contribution in [2.45, 2.75) is 61.9 Å². The maximum atomic E-state index is 14.1.